The zero-order valence-electron chi connectivity index (χ0n) is 10.2. The summed E-state index contributed by atoms with van der Waals surface area (Å²) in [4.78, 5) is 7.57. The van der Waals surface area contributed by atoms with Crippen LogP contribution in [-0.4, -0.2) is 36.8 Å². The first-order valence-electron chi connectivity index (χ1n) is 5.68. The molecule has 0 saturated carbocycles. The van der Waals surface area contributed by atoms with Gasteiger partial charge in [0, 0.05) is 13.7 Å². The van der Waals surface area contributed by atoms with E-state index in [2.05, 4.69) is 22.2 Å². The van der Waals surface area contributed by atoms with E-state index in [1.54, 1.807) is 7.05 Å². The van der Waals surface area contributed by atoms with Crippen LogP contribution in [0.3, 0.4) is 0 Å². The summed E-state index contributed by atoms with van der Waals surface area (Å²) in [6, 6.07) is 0. The number of unbranched alkanes of at least 4 members (excludes halogenated alkanes) is 1. The van der Waals surface area contributed by atoms with E-state index < -0.39 is 5.82 Å². The minimum absolute atomic E-state index is 0.0524. The first-order valence-corrected chi connectivity index (χ1v) is 5.68. The van der Waals surface area contributed by atoms with E-state index in [-0.39, 0.29) is 12.5 Å². The Morgan fingerprint density at radius 2 is 2.18 bits per heavy atom. The Labute approximate surface area is 100 Å². The maximum Gasteiger partial charge on any atom is 0.255 e. The van der Waals surface area contributed by atoms with Crippen LogP contribution in [0.25, 0.3) is 0 Å². The van der Waals surface area contributed by atoms with Crippen molar-refractivity contribution >= 4 is 5.95 Å². The van der Waals surface area contributed by atoms with Crippen molar-refractivity contribution in [3.8, 4) is 5.88 Å². The minimum atomic E-state index is -0.572. The molecule has 5 nitrogen and oxygen atoms in total. The summed E-state index contributed by atoms with van der Waals surface area (Å²) in [5, 5.41) is 2.71. The first kappa shape index (κ1) is 13.6. The van der Waals surface area contributed by atoms with Gasteiger partial charge in [0.25, 0.3) is 5.88 Å². The van der Waals surface area contributed by atoms with Crippen molar-refractivity contribution in [3.05, 3.63) is 12.0 Å². The Bertz CT molecular complexity index is 336. The average molecular weight is 243 g/mol. The van der Waals surface area contributed by atoms with Gasteiger partial charge in [0.2, 0.25) is 11.8 Å². The third-order valence-corrected chi connectivity index (χ3v) is 2.04. The molecule has 1 rings (SSSR count). The minimum Gasteiger partial charge on any atom is -0.473 e. The van der Waals surface area contributed by atoms with Gasteiger partial charge in [-0.25, -0.2) is 4.98 Å². The third-order valence-electron chi connectivity index (χ3n) is 2.04. The van der Waals surface area contributed by atoms with Gasteiger partial charge in [-0.15, -0.1) is 0 Å². The van der Waals surface area contributed by atoms with Crippen LogP contribution < -0.4 is 10.1 Å². The number of aromatic nitrogens is 2. The monoisotopic (exact) mass is 243 g/mol. The van der Waals surface area contributed by atoms with Gasteiger partial charge < -0.3 is 14.8 Å². The van der Waals surface area contributed by atoms with Crippen LogP contribution in [0.4, 0.5) is 10.3 Å². The molecule has 96 valence electrons. The predicted molar refractivity (Wildman–Crippen MR) is 62.8 cm³/mol. The van der Waals surface area contributed by atoms with Crippen molar-refractivity contribution in [1.29, 1.82) is 0 Å². The van der Waals surface area contributed by atoms with E-state index >= 15 is 0 Å². The van der Waals surface area contributed by atoms with Crippen LogP contribution in [0.5, 0.6) is 5.88 Å². The Balaban J connectivity index is 2.30. The van der Waals surface area contributed by atoms with Gasteiger partial charge >= 0.3 is 0 Å². The van der Waals surface area contributed by atoms with Crippen molar-refractivity contribution in [1.82, 2.24) is 9.97 Å². The lowest BCUT2D eigenvalue weighted by molar-refractivity contribution is 0.0949. The second-order valence-electron chi connectivity index (χ2n) is 3.41. The highest BCUT2D eigenvalue weighted by Crippen LogP contribution is 2.13. The molecule has 0 amide bonds. The summed E-state index contributed by atoms with van der Waals surface area (Å²) in [6.07, 6.45) is 3.19. The summed E-state index contributed by atoms with van der Waals surface area (Å²) in [6.45, 7) is 3.50. The van der Waals surface area contributed by atoms with Gasteiger partial charge in [0.15, 0.2) is 0 Å². The third kappa shape index (κ3) is 4.95. The fourth-order valence-corrected chi connectivity index (χ4v) is 1.12. The highest BCUT2D eigenvalue weighted by Gasteiger charge is 2.07. The molecule has 0 radical (unpaired) electrons. The molecule has 1 heterocycles. The molecule has 17 heavy (non-hydrogen) atoms. The quantitative estimate of drug-likeness (QED) is 0.706. The molecule has 0 aliphatic heterocycles. The molecule has 0 unspecified atom stereocenters. The zero-order chi connectivity index (χ0) is 12.5. The van der Waals surface area contributed by atoms with Crippen molar-refractivity contribution in [2.45, 2.75) is 19.8 Å². The fraction of sp³-hybridized carbons (Fsp3) is 0.636. The largest absolute Gasteiger partial charge is 0.473 e. The summed E-state index contributed by atoms with van der Waals surface area (Å²) in [5.74, 6) is -0.297. The molecule has 1 aromatic rings. The van der Waals surface area contributed by atoms with Crippen molar-refractivity contribution in [2.75, 3.05) is 32.2 Å². The summed E-state index contributed by atoms with van der Waals surface area (Å²) >= 11 is 0. The number of rotatable bonds is 8. The molecule has 1 N–H and O–H groups in total. The van der Waals surface area contributed by atoms with Crippen molar-refractivity contribution in [2.24, 2.45) is 0 Å². The molecule has 0 saturated heterocycles. The molecule has 0 aromatic carbocycles. The van der Waals surface area contributed by atoms with Gasteiger partial charge in [-0.2, -0.15) is 9.37 Å². The molecular formula is C11H18FN3O2. The first-order chi connectivity index (χ1) is 8.27. The van der Waals surface area contributed by atoms with Crippen LogP contribution in [0.2, 0.25) is 0 Å². The van der Waals surface area contributed by atoms with Crippen LogP contribution in [0.1, 0.15) is 19.8 Å². The Morgan fingerprint density at radius 1 is 1.35 bits per heavy atom. The molecule has 6 heteroatoms. The molecule has 0 fully saturated rings. The van der Waals surface area contributed by atoms with E-state index in [1.165, 1.54) is 0 Å². The van der Waals surface area contributed by atoms with Crippen LogP contribution in [0.15, 0.2) is 6.20 Å². The van der Waals surface area contributed by atoms with Crippen molar-refractivity contribution in [3.63, 3.8) is 0 Å². The number of hydrogen-bond acceptors (Lipinski definition) is 5. The van der Waals surface area contributed by atoms with E-state index in [1.807, 2.05) is 0 Å². The topological polar surface area (TPSA) is 56.3 Å². The normalized spacial score (nSPS) is 10.3. The number of nitrogens with one attached hydrogen (secondary N) is 1. The van der Waals surface area contributed by atoms with Crippen molar-refractivity contribution < 1.29 is 13.9 Å². The highest BCUT2D eigenvalue weighted by atomic mass is 19.1. The molecule has 0 atom stereocenters. The van der Waals surface area contributed by atoms with Gasteiger partial charge in [-0.1, -0.05) is 13.3 Å². The predicted octanol–water partition coefficient (Wildman–Crippen LogP) is 1.85. The standard InChI is InChI=1S/C11H18FN3O2/c1-3-4-5-16-6-7-17-10-9(12)8-14-11(13-2)15-10/h8H,3-7H2,1-2H3,(H,13,14,15). The van der Waals surface area contributed by atoms with Gasteiger partial charge in [0.1, 0.15) is 6.61 Å². The van der Waals surface area contributed by atoms with E-state index in [0.717, 1.165) is 19.0 Å². The van der Waals surface area contributed by atoms with Gasteiger partial charge in [0.05, 0.1) is 12.8 Å². The number of ether oxygens (including phenoxy) is 2. The highest BCUT2D eigenvalue weighted by molar-refractivity contribution is 5.27. The number of hydrogen-bond donors (Lipinski definition) is 1. The lowest BCUT2D eigenvalue weighted by atomic mass is 10.4. The lowest BCUT2D eigenvalue weighted by Crippen LogP contribution is -2.10. The van der Waals surface area contributed by atoms with Crippen LogP contribution in [0, 0.1) is 5.82 Å². The van der Waals surface area contributed by atoms with Crippen LogP contribution in [-0.2, 0) is 4.74 Å². The molecule has 0 bridgehead atoms. The maximum absolute atomic E-state index is 13.2. The Morgan fingerprint density at radius 3 is 2.88 bits per heavy atom. The summed E-state index contributed by atoms with van der Waals surface area (Å²) in [7, 11) is 1.66. The Kier molecular flexibility index (Phi) is 6.24. The molecular weight excluding hydrogens is 225 g/mol. The lowest BCUT2D eigenvalue weighted by Gasteiger charge is -2.07. The summed E-state index contributed by atoms with van der Waals surface area (Å²) in [5.41, 5.74) is 0. The van der Waals surface area contributed by atoms with Gasteiger partial charge in [-0.3, -0.25) is 0 Å². The van der Waals surface area contributed by atoms with E-state index in [0.29, 0.717) is 19.2 Å². The fourth-order valence-electron chi connectivity index (χ4n) is 1.12. The molecule has 0 aliphatic carbocycles. The molecule has 0 spiro atoms. The van der Waals surface area contributed by atoms with E-state index in [9.17, 15) is 4.39 Å². The number of nitrogens with zero attached hydrogens (tertiary/aromatic N) is 2. The maximum atomic E-state index is 13.2. The number of halogens is 1. The Hall–Kier alpha value is -1.43. The van der Waals surface area contributed by atoms with Crippen LogP contribution >= 0.6 is 0 Å². The second kappa shape index (κ2) is 7.78. The SMILES string of the molecule is CCCCOCCOc1nc(NC)ncc1F. The van der Waals surface area contributed by atoms with Gasteiger partial charge in [-0.05, 0) is 6.42 Å². The smallest absolute Gasteiger partial charge is 0.255 e. The zero-order valence-corrected chi connectivity index (χ0v) is 10.2. The second-order valence-corrected chi connectivity index (χ2v) is 3.41. The van der Waals surface area contributed by atoms with E-state index in [4.69, 9.17) is 9.47 Å². The molecule has 1 aromatic heterocycles. The average Bonchev–Trinajstić information content (AvgIpc) is 2.35. The molecule has 0 aliphatic rings. The summed E-state index contributed by atoms with van der Waals surface area (Å²) < 4.78 is 23.7. The number of anilines is 1.